The van der Waals surface area contributed by atoms with Crippen LogP contribution in [0.25, 0.3) is 0 Å². The van der Waals surface area contributed by atoms with E-state index >= 15 is 0 Å². The molecule has 0 bridgehead atoms. The van der Waals surface area contributed by atoms with Crippen molar-refractivity contribution >= 4 is 6.03 Å². The van der Waals surface area contributed by atoms with Crippen LogP contribution >= 0.6 is 0 Å². The van der Waals surface area contributed by atoms with E-state index in [0.29, 0.717) is 6.54 Å². The van der Waals surface area contributed by atoms with Gasteiger partial charge >= 0.3 is 6.03 Å². The van der Waals surface area contributed by atoms with Crippen molar-refractivity contribution in [2.24, 2.45) is 5.41 Å². The molecule has 0 unspecified atom stereocenters. The summed E-state index contributed by atoms with van der Waals surface area (Å²) < 4.78 is 0. The molecule has 1 aliphatic heterocycles. The number of rotatable bonds is 5. The molecule has 4 nitrogen and oxygen atoms in total. The van der Waals surface area contributed by atoms with E-state index in [1.807, 2.05) is 4.90 Å². The highest BCUT2D eigenvalue weighted by molar-refractivity contribution is 5.74. The average molecular weight is 242 g/mol. The van der Waals surface area contributed by atoms with Gasteiger partial charge < -0.3 is 15.3 Å². The third-order valence-corrected chi connectivity index (χ3v) is 3.37. The van der Waals surface area contributed by atoms with E-state index in [9.17, 15) is 4.79 Å². The predicted octanol–water partition coefficient (Wildman–Crippen LogP) is 1.98. The molecule has 2 amide bonds. The Kier molecular flexibility index (Phi) is 5.75. The van der Waals surface area contributed by atoms with Gasteiger partial charge in [-0.05, 0) is 37.5 Å². The average Bonchev–Trinajstić information content (AvgIpc) is 2.35. The first-order chi connectivity index (χ1) is 8.05. The van der Waals surface area contributed by atoms with Gasteiger partial charge in [0.25, 0.3) is 0 Å². The second-order valence-corrected chi connectivity index (χ2v) is 5.70. The van der Waals surface area contributed by atoms with Gasteiger partial charge in [-0.15, -0.1) is 0 Å². The fourth-order valence-corrected chi connectivity index (χ4v) is 2.17. The Morgan fingerprint density at radius 1 is 1.29 bits per heavy atom. The van der Waals surface area contributed by atoms with Crippen LogP contribution in [0.4, 0.5) is 4.79 Å². The lowest BCUT2D eigenvalue weighted by Crippen LogP contribution is -2.45. The lowest BCUT2D eigenvalue weighted by Gasteiger charge is -2.30. The van der Waals surface area contributed by atoms with Crippen LogP contribution in [0.15, 0.2) is 0 Å². The molecule has 1 fully saturated rings. The number of aliphatic hydroxyl groups excluding tert-OH is 1. The van der Waals surface area contributed by atoms with Crippen molar-refractivity contribution in [1.82, 2.24) is 10.2 Å². The van der Waals surface area contributed by atoms with Crippen molar-refractivity contribution in [3.05, 3.63) is 0 Å². The first-order valence-electron chi connectivity index (χ1n) is 6.69. The Labute approximate surface area is 104 Å². The summed E-state index contributed by atoms with van der Waals surface area (Å²) in [5, 5.41) is 11.8. The van der Waals surface area contributed by atoms with E-state index in [4.69, 9.17) is 5.11 Å². The van der Waals surface area contributed by atoms with Crippen LogP contribution in [-0.2, 0) is 0 Å². The van der Waals surface area contributed by atoms with E-state index in [-0.39, 0.29) is 18.1 Å². The smallest absolute Gasteiger partial charge is 0.317 e. The molecule has 0 aromatic rings. The quantitative estimate of drug-likeness (QED) is 0.774. The molecule has 1 heterocycles. The van der Waals surface area contributed by atoms with Gasteiger partial charge in [0, 0.05) is 26.2 Å². The number of hydrogen-bond acceptors (Lipinski definition) is 2. The molecular formula is C13H26N2O2. The number of carbonyl (C=O) groups excluding carboxylic acids is 1. The van der Waals surface area contributed by atoms with Gasteiger partial charge in [0.1, 0.15) is 0 Å². The molecule has 2 N–H and O–H groups in total. The minimum atomic E-state index is 0.0637. The van der Waals surface area contributed by atoms with E-state index < -0.39 is 0 Å². The zero-order chi connectivity index (χ0) is 12.7. The lowest BCUT2D eigenvalue weighted by atomic mass is 9.88. The fourth-order valence-electron chi connectivity index (χ4n) is 2.17. The van der Waals surface area contributed by atoms with Crippen molar-refractivity contribution in [3.8, 4) is 0 Å². The van der Waals surface area contributed by atoms with Crippen LogP contribution in [0.1, 0.15) is 46.0 Å². The number of nitrogens with zero attached hydrogens (tertiary/aromatic N) is 1. The van der Waals surface area contributed by atoms with Crippen LogP contribution in [-0.4, -0.2) is 42.3 Å². The minimum absolute atomic E-state index is 0.0637. The summed E-state index contributed by atoms with van der Waals surface area (Å²) in [5.41, 5.74) is 0.0637. The second-order valence-electron chi connectivity index (χ2n) is 5.70. The number of hydrogen-bond donors (Lipinski definition) is 2. The summed E-state index contributed by atoms with van der Waals surface area (Å²) in [6.07, 6.45) is 5.23. The standard InChI is InChI=1S/C13H26N2O2/c1-13(2,7-6-10-16)11-14-12(17)15-8-4-3-5-9-15/h16H,3-11H2,1-2H3,(H,14,17). The molecular weight excluding hydrogens is 216 g/mol. The van der Waals surface area contributed by atoms with E-state index in [0.717, 1.165) is 38.8 Å². The largest absolute Gasteiger partial charge is 0.396 e. The van der Waals surface area contributed by atoms with Gasteiger partial charge in [-0.2, -0.15) is 0 Å². The SMILES string of the molecule is CC(C)(CCCO)CNC(=O)N1CCCCC1. The highest BCUT2D eigenvalue weighted by Gasteiger charge is 2.21. The van der Waals surface area contributed by atoms with Gasteiger partial charge in [-0.1, -0.05) is 13.8 Å². The minimum Gasteiger partial charge on any atom is -0.396 e. The summed E-state index contributed by atoms with van der Waals surface area (Å²) in [6, 6.07) is 0.0711. The fraction of sp³-hybridized carbons (Fsp3) is 0.923. The van der Waals surface area contributed by atoms with Gasteiger partial charge in [0.2, 0.25) is 0 Å². The van der Waals surface area contributed by atoms with E-state index in [2.05, 4.69) is 19.2 Å². The van der Waals surface area contributed by atoms with Crippen molar-refractivity contribution in [3.63, 3.8) is 0 Å². The zero-order valence-corrected chi connectivity index (χ0v) is 11.2. The van der Waals surface area contributed by atoms with Crippen molar-refractivity contribution in [1.29, 1.82) is 0 Å². The molecule has 0 radical (unpaired) electrons. The zero-order valence-electron chi connectivity index (χ0n) is 11.2. The Balaban J connectivity index is 2.26. The molecule has 1 saturated heterocycles. The van der Waals surface area contributed by atoms with Crippen LogP contribution in [0.3, 0.4) is 0 Å². The molecule has 1 rings (SSSR count). The first kappa shape index (κ1) is 14.3. The number of carbonyl (C=O) groups is 1. The van der Waals surface area contributed by atoms with Crippen LogP contribution in [0.2, 0.25) is 0 Å². The third kappa shape index (κ3) is 5.39. The van der Waals surface area contributed by atoms with Gasteiger partial charge in [0.05, 0.1) is 0 Å². The number of amides is 2. The van der Waals surface area contributed by atoms with Crippen LogP contribution < -0.4 is 5.32 Å². The molecule has 17 heavy (non-hydrogen) atoms. The number of nitrogens with one attached hydrogen (secondary N) is 1. The van der Waals surface area contributed by atoms with E-state index in [1.165, 1.54) is 6.42 Å². The maximum atomic E-state index is 11.9. The highest BCUT2D eigenvalue weighted by atomic mass is 16.3. The third-order valence-electron chi connectivity index (χ3n) is 3.37. The topological polar surface area (TPSA) is 52.6 Å². The number of likely N-dealkylation sites (tertiary alicyclic amines) is 1. The molecule has 0 saturated carbocycles. The molecule has 4 heteroatoms. The number of urea groups is 1. The predicted molar refractivity (Wildman–Crippen MR) is 68.9 cm³/mol. The maximum Gasteiger partial charge on any atom is 0.317 e. The molecule has 1 aliphatic rings. The highest BCUT2D eigenvalue weighted by Crippen LogP contribution is 2.21. The molecule has 0 spiro atoms. The summed E-state index contributed by atoms with van der Waals surface area (Å²) >= 11 is 0. The van der Waals surface area contributed by atoms with Gasteiger partial charge in [0.15, 0.2) is 0 Å². The van der Waals surface area contributed by atoms with Crippen LogP contribution in [0.5, 0.6) is 0 Å². The van der Waals surface area contributed by atoms with Crippen LogP contribution in [0, 0.1) is 5.41 Å². The molecule has 100 valence electrons. The Morgan fingerprint density at radius 2 is 1.94 bits per heavy atom. The summed E-state index contributed by atoms with van der Waals surface area (Å²) in [5.74, 6) is 0. The Bertz CT molecular complexity index is 236. The number of aliphatic hydroxyl groups is 1. The molecule has 0 aliphatic carbocycles. The number of piperidine rings is 1. The maximum absolute atomic E-state index is 11.9. The monoisotopic (exact) mass is 242 g/mol. The Morgan fingerprint density at radius 3 is 2.53 bits per heavy atom. The summed E-state index contributed by atoms with van der Waals surface area (Å²) in [4.78, 5) is 13.8. The van der Waals surface area contributed by atoms with Crippen molar-refractivity contribution in [2.75, 3.05) is 26.2 Å². The molecule has 0 atom stereocenters. The van der Waals surface area contributed by atoms with Crippen molar-refractivity contribution in [2.45, 2.75) is 46.0 Å². The van der Waals surface area contributed by atoms with Gasteiger partial charge in [-0.3, -0.25) is 0 Å². The summed E-state index contributed by atoms with van der Waals surface area (Å²) in [6.45, 7) is 6.94. The molecule has 0 aromatic carbocycles. The summed E-state index contributed by atoms with van der Waals surface area (Å²) in [7, 11) is 0. The van der Waals surface area contributed by atoms with Crippen molar-refractivity contribution < 1.29 is 9.90 Å². The normalized spacial score (nSPS) is 17.0. The lowest BCUT2D eigenvalue weighted by molar-refractivity contribution is 0.178. The Hall–Kier alpha value is -0.770. The second kappa shape index (κ2) is 6.84. The van der Waals surface area contributed by atoms with Gasteiger partial charge in [-0.25, -0.2) is 4.79 Å². The first-order valence-corrected chi connectivity index (χ1v) is 6.69. The molecule has 0 aromatic heterocycles. The van der Waals surface area contributed by atoms with E-state index in [1.54, 1.807) is 0 Å².